The van der Waals surface area contributed by atoms with E-state index in [1.165, 1.54) is 11.1 Å². The quantitative estimate of drug-likeness (QED) is 0.849. The maximum absolute atomic E-state index is 9.69. The molecule has 0 saturated heterocycles. The van der Waals surface area contributed by atoms with Gasteiger partial charge in [0.2, 0.25) is 0 Å². The summed E-state index contributed by atoms with van der Waals surface area (Å²) in [6.45, 7) is 4.14. The molecule has 0 heterocycles. The monoisotopic (exact) mass is 228 g/mol. The van der Waals surface area contributed by atoms with Crippen molar-refractivity contribution in [1.82, 2.24) is 0 Å². The summed E-state index contributed by atoms with van der Waals surface area (Å²) in [4.78, 5) is 0. The number of methoxy groups -OCH3 is 1. The van der Waals surface area contributed by atoms with Crippen LogP contribution in [0.25, 0.3) is 11.1 Å². The van der Waals surface area contributed by atoms with Crippen LogP contribution in [-0.4, -0.2) is 12.2 Å². The molecule has 0 atom stereocenters. The van der Waals surface area contributed by atoms with E-state index in [-0.39, 0.29) is 5.75 Å². The molecule has 1 N–H and O–H groups in total. The molecule has 88 valence electrons. The van der Waals surface area contributed by atoms with Gasteiger partial charge in [0.05, 0.1) is 7.11 Å². The van der Waals surface area contributed by atoms with E-state index < -0.39 is 0 Å². The van der Waals surface area contributed by atoms with Gasteiger partial charge >= 0.3 is 0 Å². The summed E-state index contributed by atoms with van der Waals surface area (Å²) in [5.74, 6) is 0.893. The Balaban J connectivity index is 2.64. The zero-order chi connectivity index (χ0) is 12.4. The van der Waals surface area contributed by atoms with Crippen LogP contribution < -0.4 is 4.74 Å². The lowest BCUT2D eigenvalue weighted by atomic mass is 9.95. The summed E-state index contributed by atoms with van der Waals surface area (Å²) in [5, 5.41) is 9.69. The smallest absolute Gasteiger partial charge is 0.123 e. The summed E-state index contributed by atoms with van der Waals surface area (Å²) in [7, 11) is 1.60. The van der Waals surface area contributed by atoms with Crippen LogP contribution in [0.15, 0.2) is 36.4 Å². The van der Waals surface area contributed by atoms with Gasteiger partial charge < -0.3 is 9.84 Å². The second-order valence-electron chi connectivity index (χ2n) is 4.19. The van der Waals surface area contributed by atoms with Gasteiger partial charge in [0.25, 0.3) is 0 Å². The average Bonchev–Trinajstić information content (AvgIpc) is 2.28. The maximum atomic E-state index is 9.69. The Morgan fingerprint density at radius 3 is 2.24 bits per heavy atom. The highest BCUT2D eigenvalue weighted by Crippen LogP contribution is 2.32. The fraction of sp³-hybridized carbons (Fsp3) is 0.200. The molecule has 2 nitrogen and oxygen atoms in total. The number of aromatic hydroxyl groups is 1. The van der Waals surface area contributed by atoms with E-state index in [1.54, 1.807) is 19.2 Å². The van der Waals surface area contributed by atoms with Gasteiger partial charge in [-0.2, -0.15) is 0 Å². The number of phenols is 1. The molecule has 0 aliphatic heterocycles. The minimum absolute atomic E-state index is 0.224. The lowest BCUT2D eigenvalue weighted by molar-refractivity contribution is 0.408. The van der Waals surface area contributed by atoms with Gasteiger partial charge in [-0.3, -0.25) is 0 Å². The molecule has 2 heteroatoms. The van der Waals surface area contributed by atoms with Crippen molar-refractivity contribution in [3.63, 3.8) is 0 Å². The summed E-state index contributed by atoms with van der Waals surface area (Å²) >= 11 is 0. The first-order valence-electron chi connectivity index (χ1n) is 5.56. The van der Waals surface area contributed by atoms with Crippen LogP contribution in [0.5, 0.6) is 11.5 Å². The Labute approximate surface area is 101 Å². The van der Waals surface area contributed by atoms with E-state index in [0.717, 1.165) is 11.1 Å². The van der Waals surface area contributed by atoms with Crippen molar-refractivity contribution >= 4 is 0 Å². The third-order valence-corrected chi connectivity index (χ3v) is 2.90. The minimum atomic E-state index is 0.224. The normalized spacial score (nSPS) is 10.3. The maximum Gasteiger partial charge on any atom is 0.123 e. The molecule has 0 unspecified atom stereocenters. The highest BCUT2D eigenvalue weighted by atomic mass is 16.5. The average molecular weight is 228 g/mol. The van der Waals surface area contributed by atoms with Crippen molar-refractivity contribution < 1.29 is 9.84 Å². The second-order valence-corrected chi connectivity index (χ2v) is 4.19. The molecule has 0 bridgehead atoms. The predicted octanol–water partition coefficient (Wildman–Crippen LogP) is 3.68. The van der Waals surface area contributed by atoms with Gasteiger partial charge in [-0.15, -0.1) is 0 Å². The highest BCUT2D eigenvalue weighted by molar-refractivity contribution is 5.73. The Bertz CT molecular complexity index is 524. The Kier molecular flexibility index (Phi) is 3.05. The Morgan fingerprint density at radius 2 is 1.65 bits per heavy atom. The number of ether oxygens (including phenoxy) is 1. The lowest BCUT2D eigenvalue weighted by Gasteiger charge is -2.11. The van der Waals surface area contributed by atoms with E-state index >= 15 is 0 Å². The van der Waals surface area contributed by atoms with E-state index in [0.29, 0.717) is 5.75 Å². The standard InChI is InChI=1S/C15H16O2/c1-10-5-4-6-11(2)15(10)12-7-13(16)9-14(8-12)17-3/h4-9,16H,1-3H3. The molecule has 0 amide bonds. The summed E-state index contributed by atoms with van der Waals surface area (Å²) in [6, 6.07) is 11.5. The van der Waals surface area contributed by atoms with Crippen molar-refractivity contribution in [3.05, 3.63) is 47.5 Å². The zero-order valence-corrected chi connectivity index (χ0v) is 10.3. The molecule has 2 rings (SSSR count). The number of hydrogen-bond acceptors (Lipinski definition) is 2. The number of aryl methyl sites for hydroxylation is 2. The van der Waals surface area contributed by atoms with Crippen LogP contribution in [-0.2, 0) is 0 Å². The van der Waals surface area contributed by atoms with Gasteiger partial charge in [-0.05, 0) is 48.2 Å². The Morgan fingerprint density at radius 1 is 1.00 bits per heavy atom. The van der Waals surface area contributed by atoms with Gasteiger partial charge in [0, 0.05) is 6.07 Å². The Hall–Kier alpha value is -1.96. The van der Waals surface area contributed by atoms with Gasteiger partial charge in [0.15, 0.2) is 0 Å². The third kappa shape index (κ3) is 2.26. The number of rotatable bonds is 2. The first-order chi connectivity index (χ1) is 8.11. The molecular formula is C15H16O2. The topological polar surface area (TPSA) is 29.5 Å². The molecular weight excluding hydrogens is 212 g/mol. The molecule has 0 spiro atoms. The van der Waals surface area contributed by atoms with E-state index in [9.17, 15) is 5.11 Å². The van der Waals surface area contributed by atoms with E-state index in [4.69, 9.17) is 4.74 Å². The van der Waals surface area contributed by atoms with Crippen LogP contribution in [0.4, 0.5) is 0 Å². The van der Waals surface area contributed by atoms with Crippen molar-refractivity contribution in [2.24, 2.45) is 0 Å². The fourth-order valence-electron chi connectivity index (χ4n) is 2.12. The van der Waals surface area contributed by atoms with Gasteiger partial charge in [0.1, 0.15) is 11.5 Å². The van der Waals surface area contributed by atoms with Gasteiger partial charge in [-0.25, -0.2) is 0 Å². The molecule has 0 fully saturated rings. The summed E-state index contributed by atoms with van der Waals surface area (Å²) in [5.41, 5.74) is 4.52. The predicted molar refractivity (Wildman–Crippen MR) is 69.6 cm³/mol. The van der Waals surface area contributed by atoms with Crippen molar-refractivity contribution in [3.8, 4) is 22.6 Å². The van der Waals surface area contributed by atoms with Gasteiger partial charge in [-0.1, -0.05) is 18.2 Å². The van der Waals surface area contributed by atoms with Crippen LogP contribution >= 0.6 is 0 Å². The molecule has 0 saturated carbocycles. The minimum Gasteiger partial charge on any atom is -0.508 e. The summed E-state index contributed by atoms with van der Waals surface area (Å²) < 4.78 is 5.18. The van der Waals surface area contributed by atoms with E-state index in [1.807, 2.05) is 12.1 Å². The molecule has 17 heavy (non-hydrogen) atoms. The zero-order valence-electron chi connectivity index (χ0n) is 10.3. The van der Waals surface area contributed by atoms with Crippen molar-refractivity contribution in [2.45, 2.75) is 13.8 Å². The lowest BCUT2D eigenvalue weighted by Crippen LogP contribution is -1.89. The first-order valence-corrected chi connectivity index (χ1v) is 5.56. The molecule has 0 radical (unpaired) electrons. The summed E-state index contributed by atoms with van der Waals surface area (Å²) in [6.07, 6.45) is 0. The van der Waals surface area contributed by atoms with Crippen LogP contribution in [0.1, 0.15) is 11.1 Å². The molecule has 0 aromatic heterocycles. The number of phenolic OH excluding ortho intramolecular Hbond substituents is 1. The fourth-order valence-corrected chi connectivity index (χ4v) is 2.12. The van der Waals surface area contributed by atoms with Crippen LogP contribution in [0, 0.1) is 13.8 Å². The second kappa shape index (κ2) is 4.50. The molecule has 0 aliphatic carbocycles. The number of benzene rings is 2. The molecule has 2 aromatic rings. The molecule has 2 aromatic carbocycles. The largest absolute Gasteiger partial charge is 0.508 e. The highest BCUT2D eigenvalue weighted by Gasteiger charge is 2.08. The van der Waals surface area contributed by atoms with Crippen LogP contribution in [0.3, 0.4) is 0 Å². The SMILES string of the molecule is COc1cc(O)cc(-c2c(C)cccc2C)c1. The van der Waals surface area contributed by atoms with Crippen LogP contribution in [0.2, 0.25) is 0 Å². The first kappa shape index (κ1) is 11.5. The number of hydrogen-bond donors (Lipinski definition) is 1. The van der Waals surface area contributed by atoms with E-state index in [2.05, 4.69) is 26.0 Å². The van der Waals surface area contributed by atoms with Crippen molar-refractivity contribution in [2.75, 3.05) is 7.11 Å². The third-order valence-electron chi connectivity index (χ3n) is 2.90. The molecule has 0 aliphatic rings. The van der Waals surface area contributed by atoms with Crippen molar-refractivity contribution in [1.29, 1.82) is 0 Å².